The molecule has 0 bridgehead atoms. The van der Waals surface area contributed by atoms with Gasteiger partial charge in [0.25, 0.3) is 5.91 Å². The number of piperazine rings is 1. The molecule has 1 aliphatic rings. The molecule has 7 heteroatoms. The largest absolute Gasteiger partial charge is 0.497 e. The minimum Gasteiger partial charge on any atom is -0.497 e. The van der Waals surface area contributed by atoms with Crippen molar-refractivity contribution in [2.75, 3.05) is 38.2 Å². The Labute approximate surface area is 178 Å². The quantitative estimate of drug-likeness (QED) is 0.487. The molecule has 30 heavy (non-hydrogen) atoms. The average molecular weight is 420 g/mol. The maximum atomic E-state index is 12.9. The highest BCUT2D eigenvalue weighted by molar-refractivity contribution is 7.13. The fraction of sp³-hybridized carbons (Fsp3) is 0.217. The smallest absolute Gasteiger partial charge is 0.289 e. The lowest BCUT2D eigenvalue weighted by Crippen LogP contribution is -2.48. The van der Waals surface area contributed by atoms with E-state index in [9.17, 15) is 4.79 Å². The number of rotatable bonds is 4. The van der Waals surface area contributed by atoms with Gasteiger partial charge in [0.15, 0.2) is 5.76 Å². The van der Waals surface area contributed by atoms with Crippen LogP contribution < -0.4 is 9.64 Å². The molecule has 0 N–H and O–H groups in total. The molecule has 152 valence electrons. The van der Waals surface area contributed by atoms with Crippen LogP contribution in [-0.4, -0.2) is 48.5 Å². The van der Waals surface area contributed by atoms with Crippen molar-refractivity contribution in [3.63, 3.8) is 0 Å². The van der Waals surface area contributed by atoms with Crippen LogP contribution in [0.1, 0.15) is 10.6 Å². The zero-order valence-corrected chi connectivity index (χ0v) is 17.4. The average Bonchev–Trinajstić information content (AvgIpc) is 3.47. The second kappa shape index (κ2) is 7.84. The molecule has 0 radical (unpaired) electrons. The molecule has 2 aromatic heterocycles. The third kappa shape index (κ3) is 3.41. The van der Waals surface area contributed by atoms with E-state index in [-0.39, 0.29) is 5.91 Å². The maximum absolute atomic E-state index is 12.9. The van der Waals surface area contributed by atoms with E-state index in [1.807, 2.05) is 47.4 Å². The van der Waals surface area contributed by atoms with Crippen molar-refractivity contribution in [2.24, 2.45) is 0 Å². The Morgan fingerprint density at radius 2 is 1.77 bits per heavy atom. The van der Waals surface area contributed by atoms with Crippen LogP contribution in [-0.2, 0) is 0 Å². The Hall–Kier alpha value is -3.32. The molecular formula is C23H21N3O3S. The molecule has 4 aromatic rings. The predicted molar refractivity (Wildman–Crippen MR) is 118 cm³/mol. The summed E-state index contributed by atoms with van der Waals surface area (Å²) in [5, 5.41) is 1.18. The Bertz CT molecular complexity index is 1170. The van der Waals surface area contributed by atoms with Crippen LogP contribution in [0.15, 0.2) is 65.1 Å². The first-order valence-corrected chi connectivity index (χ1v) is 10.6. The summed E-state index contributed by atoms with van der Waals surface area (Å²) in [4.78, 5) is 17.0. The summed E-state index contributed by atoms with van der Waals surface area (Å²) in [5.74, 6) is 2.77. The molecule has 1 fully saturated rings. The molecule has 5 rings (SSSR count). The normalized spacial score (nSPS) is 14.3. The third-order valence-electron chi connectivity index (χ3n) is 5.42. The summed E-state index contributed by atoms with van der Waals surface area (Å²) in [6, 6.07) is 19.5. The van der Waals surface area contributed by atoms with E-state index >= 15 is 0 Å². The van der Waals surface area contributed by atoms with Crippen molar-refractivity contribution in [3.05, 3.63) is 66.4 Å². The van der Waals surface area contributed by atoms with Gasteiger partial charge in [-0.3, -0.25) is 4.79 Å². The van der Waals surface area contributed by atoms with Gasteiger partial charge in [0.2, 0.25) is 0 Å². The van der Waals surface area contributed by atoms with E-state index in [4.69, 9.17) is 9.15 Å². The van der Waals surface area contributed by atoms with E-state index in [0.717, 1.165) is 30.2 Å². The lowest BCUT2D eigenvalue weighted by atomic mass is 10.2. The number of fused-ring (bicyclic) bond motifs is 1. The Morgan fingerprint density at radius 1 is 1.00 bits per heavy atom. The number of hydrogen-bond donors (Lipinski definition) is 0. The lowest BCUT2D eigenvalue weighted by molar-refractivity contribution is 0.0715. The summed E-state index contributed by atoms with van der Waals surface area (Å²) >= 11 is 1.52. The molecule has 0 saturated carbocycles. The highest BCUT2D eigenvalue weighted by Gasteiger charge is 2.26. The zero-order valence-electron chi connectivity index (χ0n) is 16.6. The molecule has 2 aromatic carbocycles. The van der Waals surface area contributed by atoms with E-state index in [1.54, 1.807) is 13.2 Å². The SMILES string of the molecule is COc1ccc(-c2ccc(C(=O)N3CCN(c4nsc5ccccc45)CC3)o2)cc1. The second-order valence-electron chi connectivity index (χ2n) is 7.17. The van der Waals surface area contributed by atoms with Gasteiger partial charge in [0.1, 0.15) is 17.3 Å². The van der Waals surface area contributed by atoms with E-state index < -0.39 is 0 Å². The molecule has 1 saturated heterocycles. The van der Waals surface area contributed by atoms with Crippen LogP contribution in [0.25, 0.3) is 21.4 Å². The molecule has 0 aliphatic carbocycles. The van der Waals surface area contributed by atoms with Crippen LogP contribution in [0.3, 0.4) is 0 Å². The topological polar surface area (TPSA) is 58.8 Å². The number of amides is 1. The van der Waals surface area contributed by atoms with Gasteiger partial charge in [-0.15, -0.1) is 0 Å². The molecular weight excluding hydrogens is 398 g/mol. The first-order chi connectivity index (χ1) is 14.7. The number of hydrogen-bond acceptors (Lipinski definition) is 6. The number of carbonyl (C=O) groups is 1. The van der Waals surface area contributed by atoms with Crippen molar-refractivity contribution in [1.29, 1.82) is 0 Å². The molecule has 0 spiro atoms. The highest BCUT2D eigenvalue weighted by atomic mass is 32.1. The number of methoxy groups -OCH3 is 1. The van der Waals surface area contributed by atoms with Gasteiger partial charge in [-0.2, -0.15) is 4.37 Å². The summed E-state index contributed by atoms with van der Waals surface area (Å²) in [6.45, 7) is 2.80. The summed E-state index contributed by atoms with van der Waals surface area (Å²) < 4.78 is 16.9. The fourth-order valence-corrected chi connectivity index (χ4v) is 4.54. The van der Waals surface area contributed by atoms with Crippen LogP contribution in [0.5, 0.6) is 5.75 Å². The first-order valence-electron chi connectivity index (χ1n) is 9.86. The van der Waals surface area contributed by atoms with Crippen LogP contribution in [0.4, 0.5) is 5.82 Å². The number of furan rings is 1. The fourth-order valence-electron chi connectivity index (χ4n) is 3.74. The van der Waals surface area contributed by atoms with Gasteiger partial charge in [-0.25, -0.2) is 0 Å². The molecule has 1 aliphatic heterocycles. The van der Waals surface area contributed by atoms with Gasteiger partial charge >= 0.3 is 0 Å². The van der Waals surface area contributed by atoms with E-state index in [0.29, 0.717) is 24.6 Å². The van der Waals surface area contributed by atoms with Crippen LogP contribution in [0.2, 0.25) is 0 Å². The molecule has 0 unspecified atom stereocenters. The number of benzene rings is 2. The Balaban J connectivity index is 1.26. The summed E-state index contributed by atoms with van der Waals surface area (Å²) in [6.07, 6.45) is 0. The standard InChI is InChI=1S/C23H21N3O3S/c1-28-17-8-6-16(7-9-17)19-10-11-20(29-19)23(27)26-14-12-25(13-15-26)22-18-4-2-3-5-21(18)30-24-22/h2-11H,12-15H2,1H3. The second-order valence-corrected chi connectivity index (χ2v) is 7.98. The lowest BCUT2D eigenvalue weighted by Gasteiger charge is -2.34. The number of ether oxygens (including phenoxy) is 1. The summed E-state index contributed by atoms with van der Waals surface area (Å²) in [7, 11) is 1.63. The van der Waals surface area contributed by atoms with Gasteiger partial charge in [0, 0.05) is 37.1 Å². The summed E-state index contributed by atoms with van der Waals surface area (Å²) in [5.41, 5.74) is 0.912. The zero-order chi connectivity index (χ0) is 20.5. The van der Waals surface area contributed by atoms with Crippen LogP contribution in [0, 0.1) is 0 Å². The first kappa shape index (κ1) is 18.7. The molecule has 3 heterocycles. The number of aromatic nitrogens is 1. The van der Waals surface area contributed by atoms with Crippen LogP contribution >= 0.6 is 11.5 Å². The van der Waals surface area contributed by atoms with Crippen molar-refractivity contribution >= 4 is 33.3 Å². The minimum absolute atomic E-state index is 0.0717. The predicted octanol–water partition coefficient (Wildman–Crippen LogP) is 4.53. The van der Waals surface area contributed by atoms with Crippen molar-refractivity contribution in [3.8, 4) is 17.1 Å². The Morgan fingerprint density at radius 3 is 2.53 bits per heavy atom. The van der Waals surface area contributed by atoms with Gasteiger partial charge < -0.3 is 19.0 Å². The minimum atomic E-state index is -0.0717. The molecule has 6 nitrogen and oxygen atoms in total. The van der Waals surface area contributed by atoms with Crippen molar-refractivity contribution in [2.45, 2.75) is 0 Å². The van der Waals surface area contributed by atoms with Gasteiger partial charge in [0.05, 0.1) is 11.8 Å². The third-order valence-corrected chi connectivity index (χ3v) is 6.23. The monoisotopic (exact) mass is 419 g/mol. The van der Waals surface area contributed by atoms with E-state index in [2.05, 4.69) is 21.4 Å². The van der Waals surface area contributed by atoms with E-state index in [1.165, 1.54) is 21.6 Å². The number of nitrogens with zero attached hydrogens (tertiary/aromatic N) is 3. The maximum Gasteiger partial charge on any atom is 0.289 e. The van der Waals surface area contributed by atoms with Crippen molar-refractivity contribution < 1.29 is 13.9 Å². The number of carbonyl (C=O) groups excluding carboxylic acids is 1. The van der Waals surface area contributed by atoms with Gasteiger partial charge in [-0.05, 0) is 60.1 Å². The highest BCUT2D eigenvalue weighted by Crippen LogP contribution is 2.30. The van der Waals surface area contributed by atoms with Crippen molar-refractivity contribution in [1.82, 2.24) is 9.27 Å². The Kier molecular flexibility index (Phi) is 4.88. The molecule has 0 atom stereocenters. The van der Waals surface area contributed by atoms with Gasteiger partial charge in [-0.1, -0.05) is 12.1 Å². The molecule has 1 amide bonds. The number of anilines is 1.